The molecule has 1 aromatic rings. The second-order valence-electron chi connectivity index (χ2n) is 4.64. The van der Waals surface area contributed by atoms with Crippen LogP contribution in [0.15, 0.2) is 24.3 Å². The van der Waals surface area contributed by atoms with Crippen molar-refractivity contribution >= 4 is 0 Å². The summed E-state index contributed by atoms with van der Waals surface area (Å²) in [5.41, 5.74) is 2.56. The molecule has 0 spiro atoms. The zero-order chi connectivity index (χ0) is 10.8. The number of hydrogen-bond donors (Lipinski definition) is 0. The van der Waals surface area contributed by atoms with E-state index in [1.54, 1.807) is 0 Å². The van der Waals surface area contributed by atoms with Crippen LogP contribution in [-0.4, -0.2) is 0 Å². The zero-order valence-corrected chi connectivity index (χ0v) is 9.33. The van der Waals surface area contributed by atoms with Crippen molar-refractivity contribution in [2.45, 2.75) is 39.2 Å². The van der Waals surface area contributed by atoms with Gasteiger partial charge in [0, 0.05) is 12.5 Å². The Hall–Kier alpha value is -1.29. The third-order valence-electron chi connectivity index (χ3n) is 2.41. The topological polar surface area (TPSA) is 4.36 Å². The Bertz CT molecular complexity index is 352. The molecule has 0 aliphatic rings. The number of rotatable bonds is 1. The molecule has 0 fully saturated rings. The molecular weight excluding hydrogens is 170 g/mol. The smallest absolute Gasteiger partial charge is 0.246 e. The van der Waals surface area contributed by atoms with E-state index in [0.29, 0.717) is 0 Å². The van der Waals surface area contributed by atoms with Gasteiger partial charge in [0.2, 0.25) is 6.04 Å². The van der Waals surface area contributed by atoms with Crippen molar-refractivity contribution in [1.29, 1.82) is 0 Å². The van der Waals surface area contributed by atoms with Crippen LogP contribution in [0.3, 0.4) is 0 Å². The van der Waals surface area contributed by atoms with E-state index in [4.69, 9.17) is 6.57 Å². The van der Waals surface area contributed by atoms with Crippen molar-refractivity contribution in [3.8, 4) is 0 Å². The molecule has 0 saturated heterocycles. The minimum atomic E-state index is -0.0366. The summed E-state index contributed by atoms with van der Waals surface area (Å²) in [6.07, 6.45) is 0. The van der Waals surface area contributed by atoms with Crippen molar-refractivity contribution in [2.75, 3.05) is 0 Å². The maximum atomic E-state index is 7.07. The molecule has 1 unspecified atom stereocenters. The molecule has 0 heterocycles. The van der Waals surface area contributed by atoms with E-state index in [-0.39, 0.29) is 11.5 Å². The summed E-state index contributed by atoms with van der Waals surface area (Å²) in [6, 6.07) is 8.19. The first kappa shape index (κ1) is 10.8. The van der Waals surface area contributed by atoms with Crippen LogP contribution in [0.5, 0.6) is 0 Å². The number of benzene rings is 1. The van der Waals surface area contributed by atoms with Gasteiger partial charge in [-0.25, -0.2) is 6.57 Å². The highest BCUT2D eigenvalue weighted by atomic mass is 14.7. The fourth-order valence-corrected chi connectivity index (χ4v) is 1.61. The average molecular weight is 187 g/mol. The summed E-state index contributed by atoms with van der Waals surface area (Å²) in [5.74, 6) is 0. The fourth-order valence-electron chi connectivity index (χ4n) is 1.61. The second-order valence-corrected chi connectivity index (χ2v) is 4.64. The van der Waals surface area contributed by atoms with Gasteiger partial charge >= 0.3 is 0 Å². The highest BCUT2D eigenvalue weighted by molar-refractivity contribution is 5.36. The Morgan fingerprint density at radius 1 is 1.21 bits per heavy atom. The Morgan fingerprint density at radius 2 is 1.79 bits per heavy atom. The van der Waals surface area contributed by atoms with Gasteiger partial charge < -0.3 is 4.85 Å². The molecule has 0 bridgehead atoms. The Morgan fingerprint density at radius 3 is 2.29 bits per heavy atom. The monoisotopic (exact) mass is 187 g/mol. The van der Waals surface area contributed by atoms with Crippen LogP contribution in [0, 0.1) is 6.57 Å². The molecule has 0 radical (unpaired) electrons. The molecule has 1 atom stereocenters. The summed E-state index contributed by atoms with van der Waals surface area (Å²) in [4.78, 5) is 3.58. The molecule has 1 nitrogen and oxygen atoms in total. The van der Waals surface area contributed by atoms with Crippen LogP contribution in [-0.2, 0) is 5.41 Å². The van der Waals surface area contributed by atoms with Crippen LogP contribution >= 0.6 is 0 Å². The van der Waals surface area contributed by atoms with E-state index >= 15 is 0 Å². The maximum absolute atomic E-state index is 7.07. The Labute approximate surface area is 86.6 Å². The third kappa shape index (κ3) is 2.14. The van der Waals surface area contributed by atoms with Crippen LogP contribution in [0.2, 0.25) is 0 Å². The van der Waals surface area contributed by atoms with Crippen molar-refractivity contribution in [3.05, 3.63) is 46.8 Å². The van der Waals surface area contributed by atoms with Gasteiger partial charge in [0.1, 0.15) is 0 Å². The lowest BCUT2D eigenvalue weighted by Crippen LogP contribution is -2.14. The van der Waals surface area contributed by atoms with Gasteiger partial charge in [-0.1, -0.05) is 45.0 Å². The van der Waals surface area contributed by atoms with E-state index in [2.05, 4.69) is 37.7 Å². The summed E-state index contributed by atoms with van der Waals surface area (Å²) in [6.45, 7) is 15.6. The van der Waals surface area contributed by atoms with Crippen LogP contribution in [0.25, 0.3) is 4.85 Å². The molecule has 0 N–H and O–H groups in total. The van der Waals surface area contributed by atoms with Crippen LogP contribution in [0.1, 0.15) is 44.9 Å². The van der Waals surface area contributed by atoms with Crippen molar-refractivity contribution in [3.63, 3.8) is 0 Å². The number of nitrogens with zero attached hydrogens (tertiary/aromatic N) is 1. The first-order valence-electron chi connectivity index (χ1n) is 4.93. The number of hydrogen-bond acceptors (Lipinski definition) is 0. The molecule has 0 aromatic heterocycles. The lowest BCUT2D eigenvalue weighted by Gasteiger charge is -2.22. The van der Waals surface area contributed by atoms with Gasteiger partial charge in [0.25, 0.3) is 0 Å². The van der Waals surface area contributed by atoms with E-state index < -0.39 is 0 Å². The zero-order valence-electron chi connectivity index (χ0n) is 9.33. The van der Waals surface area contributed by atoms with E-state index in [1.807, 2.05) is 19.1 Å². The quantitative estimate of drug-likeness (QED) is 0.586. The first-order valence-corrected chi connectivity index (χ1v) is 4.93. The molecule has 14 heavy (non-hydrogen) atoms. The van der Waals surface area contributed by atoms with Crippen LogP contribution < -0.4 is 0 Å². The Kier molecular flexibility index (Phi) is 2.96. The molecule has 1 aromatic carbocycles. The average Bonchev–Trinajstić information content (AvgIpc) is 2.15. The van der Waals surface area contributed by atoms with Crippen molar-refractivity contribution < 1.29 is 0 Å². The summed E-state index contributed by atoms with van der Waals surface area (Å²) >= 11 is 0. The lowest BCUT2D eigenvalue weighted by atomic mass is 9.82. The van der Waals surface area contributed by atoms with Crippen molar-refractivity contribution in [1.82, 2.24) is 0 Å². The Balaban J connectivity index is 3.25. The van der Waals surface area contributed by atoms with Gasteiger partial charge in [-0.2, -0.15) is 0 Å². The highest BCUT2D eigenvalue weighted by Crippen LogP contribution is 2.30. The minimum Gasteiger partial charge on any atom is -0.309 e. The van der Waals surface area contributed by atoms with E-state index in [1.165, 1.54) is 5.56 Å². The summed E-state index contributed by atoms with van der Waals surface area (Å²) in [5, 5.41) is 0. The third-order valence-corrected chi connectivity index (χ3v) is 2.41. The summed E-state index contributed by atoms with van der Waals surface area (Å²) in [7, 11) is 0. The first-order chi connectivity index (χ1) is 6.46. The van der Waals surface area contributed by atoms with Gasteiger partial charge in [-0.15, -0.1) is 0 Å². The predicted molar refractivity (Wildman–Crippen MR) is 60.2 cm³/mol. The second kappa shape index (κ2) is 3.84. The SMILES string of the molecule is [C-]#[N+]C(C)c1ccccc1C(C)(C)C. The molecule has 1 rings (SSSR count). The van der Waals surface area contributed by atoms with Gasteiger partial charge in [-0.05, 0) is 11.0 Å². The molecule has 0 saturated carbocycles. The standard InChI is InChI=1S/C13H17N/c1-10(14-5)11-8-6-7-9-12(11)13(2,3)4/h6-10H,1-4H3. The van der Waals surface area contributed by atoms with Crippen LogP contribution in [0.4, 0.5) is 0 Å². The molecule has 1 heteroatoms. The molecule has 0 amide bonds. The minimum absolute atomic E-state index is 0.0366. The predicted octanol–water partition coefficient (Wildman–Crippen LogP) is 3.96. The molecule has 0 aliphatic heterocycles. The fraction of sp³-hybridized carbons (Fsp3) is 0.462. The molecule has 0 aliphatic carbocycles. The van der Waals surface area contributed by atoms with E-state index in [0.717, 1.165) is 5.56 Å². The van der Waals surface area contributed by atoms with E-state index in [9.17, 15) is 0 Å². The lowest BCUT2D eigenvalue weighted by molar-refractivity contribution is 0.580. The maximum Gasteiger partial charge on any atom is 0.246 e. The van der Waals surface area contributed by atoms with Gasteiger partial charge in [0.15, 0.2) is 0 Å². The molecule has 74 valence electrons. The largest absolute Gasteiger partial charge is 0.309 e. The normalized spacial score (nSPS) is 13.4. The van der Waals surface area contributed by atoms with Gasteiger partial charge in [0.05, 0.1) is 0 Å². The van der Waals surface area contributed by atoms with Gasteiger partial charge in [-0.3, -0.25) is 0 Å². The van der Waals surface area contributed by atoms with Crippen molar-refractivity contribution in [2.24, 2.45) is 0 Å². The highest BCUT2D eigenvalue weighted by Gasteiger charge is 2.22. The molecular formula is C13H17N. The summed E-state index contributed by atoms with van der Waals surface area (Å²) < 4.78 is 0.